The van der Waals surface area contributed by atoms with Crippen LogP contribution in [-0.2, 0) is 4.79 Å². The average Bonchev–Trinajstić information content (AvgIpc) is 3.73. The van der Waals surface area contributed by atoms with Crippen molar-refractivity contribution in [3.63, 3.8) is 0 Å². The highest BCUT2D eigenvalue weighted by atomic mass is 32.1. The number of ether oxygens (including phenoxy) is 1. The van der Waals surface area contributed by atoms with E-state index in [9.17, 15) is 18.8 Å². The third kappa shape index (κ3) is 8.60. The summed E-state index contributed by atoms with van der Waals surface area (Å²) in [6.07, 6.45) is 3.80. The predicted molar refractivity (Wildman–Crippen MR) is 180 cm³/mol. The Bertz CT molecular complexity index is 1570. The second-order valence-electron chi connectivity index (χ2n) is 12.3. The molecule has 1 saturated heterocycles. The van der Waals surface area contributed by atoms with Crippen molar-refractivity contribution in [1.82, 2.24) is 30.7 Å². The number of halogens is 1. The summed E-state index contributed by atoms with van der Waals surface area (Å²) in [6.45, 7) is 2.24. The first-order valence-electron chi connectivity index (χ1n) is 15.1. The number of thiazole rings is 1. The monoisotopic (exact) mass is 632 g/mol. The number of likely N-dealkylation sites (tertiary alicyclic amines) is 1. The van der Waals surface area contributed by atoms with Gasteiger partial charge in [-0.1, -0.05) is 6.07 Å². The van der Waals surface area contributed by atoms with Gasteiger partial charge in [-0.05, 0) is 49.6 Å². The van der Waals surface area contributed by atoms with Crippen LogP contribution in [-0.4, -0.2) is 106 Å². The normalized spacial score (nSPS) is 16.9. The molecule has 0 radical (unpaired) electrons. The molecule has 234 valence electrons. The van der Waals surface area contributed by atoms with E-state index in [2.05, 4.69) is 36.4 Å². The van der Waals surface area contributed by atoms with Gasteiger partial charge in [0.05, 0.1) is 30.2 Å². The van der Waals surface area contributed by atoms with Crippen LogP contribution in [0.5, 0.6) is 5.75 Å². The van der Waals surface area contributed by atoms with Gasteiger partial charge in [-0.3, -0.25) is 19.3 Å². The maximum absolute atomic E-state index is 13.7. The Balaban J connectivity index is 1.35. The molecule has 3 amide bonds. The molecule has 17 heteroatoms. The van der Waals surface area contributed by atoms with E-state index < -0.39 is 17.3 Å². The number of carbonyl (C=O) groups is 3. The van der Waals surface area contributed by atoms with Crippen LogP contribution in [0, 0.1) is 5.92 Å². The van der Waals surface area contributed by atoms with Gasteiger partial charge in [-0.2, -0.15) is 0 Å². The number of alkyl halides is 1. The molecule has 1 aliphatic heterocycles. The highest BCUT2D eigenvalue weighted by Crippen LogP contribution is 2.40. The van der Waals surface area contributed by atoms with Crippen molar-refractivity contribution >= 4 is 69.8 Å². The van der Waals surface area contributed by atoms with Crippen LogP contribution in [0.4, 0.5) is 21.6 Å². The minimum absolute atomic E-state index is 0.0343. The fourth-order valence-corrected chi connectivity index (χ4v) is 5.83. The molecule has 1 unspecified atom stereocenters. The summed E-state index contributed by atoms with van der Waals surface area (Å²) in [7, 11) is 7.10. The fraction of sp³-hybridized carbons (Fsp3) is 0.429. The minimum Gasteiger partial charge on any atom is -0.494 e. The molecule has 2 aliphatic rings. The smallest absolute Gasteiger partial charge is 0.272 e. The summed E-state index contributed by atoms with van der Waals surface area (Å²) < 4.78 is 19.5. The summed E-state index contributed by atoms with van der Waals surface area (Å²) >= 11 is 1.22. The number of carbonyl (C=O) groups excluding carboxylic acids is 3. The van der Waals surface area contributed by atoms with E-state index >= 15 is 0 Å². The quantitative estimate of drug-likeness (QED) is 0.204. The van der Waals surface area contributed by atoms with E-state index in [-0.39, 0.29) is 29.2 Å². The summed E-state index contributed by atoms with van der Waals surface area (Å²) in [5.74, 6) is -0.199. The minimum atomic E-state index is -0.809. The van der Waals surface area contributed by atoms with Crippen LogP contribution < -0.4 is 26.0 Å². The molecule has 3 aromatic rings. The molecule has 1 aliphatic carbocycles. The van der Waals surface area contributed by atoms with E-state index in [1.807, 2.05) is 34.5 Å². The number of methoxy groups -OCH3 is 1. The Labute approximate surface area is 267 Å². The number of benzene rings is 1. The molecule has 4 N–H and O–H groups in total. The Morgan fingerprint density at radius 3 is 2.64 bits per heavy atom. The Morgan fingerprint density at radius 1 is 1.13 bits per heavy atom. The lowest BCUT2D eigenvalue weighted by Gasteiger charge is -2.28. The lowest BCUT2D eigenvalue weighted by atomic mass is 9.49. The number of rotatable bonds is 12. The second-order valence-corrected chi connectivity index (χ2v) is 13.3. The second kappa shape index (κ2) is 14.0. The number of amides is 3. The summed E-state index contributed by atoms with van der Waals surface area (Å²) in [5, 5.41) is 20.1. The van der Waals surface area contributed by atoms with Gasteiger partial charge < -0.3 is 26.0 Å². The molecule has 1 atom stereocenters. The number of hydrogen-bond acceptors (Lipinski definition) is 10. The van der Waals surface area contributed by atoms with Gasteiger partial charge in [-0.15, -0.1) is 21.5 Å². The number of para-hydroxylation sites is 1. The van der Waals surface area contributed by atoms with Gasteiger partial charge >= 0.3 is 0 Å². The first-order chi connectivity index (χ1) is 21.5. The van der Waals surface area contributed by atoms with Crippen molar-refractivity contribution in [2.75, 3.05) is 43.9 Å². The van der Waals surface area contributed by atoms with Crippen LogP contribution >= 0.6 is 11.3 Å². The van der Waals surface area contributed by atoms with Crippen molar-refractivity contribution in [1.29, 1.82) is 0 Å². The summed E-state index contributed by atoms with van der Waals surface area (Å²) in [6, 6.07) is 6.98. The van der Waals surface area contributed by atoms with Gasteiger partial charge in [0.1, 0.15) is 39.6 Å². The van der Waals surface area contributed by atoms with Crippen LogP contribution in [0.15, 0.2) is 30.5 Å². The van der Waals surface area contributed by atoms with Crippen LogP contribution in [0.3, 0.4) is 0 Å². The number of nitrogens with one attached hydrogen (secondary N) is 4. The van der Waals surface area contributed by atoms with Crippen molar-refractivity contribution in [2.24, 2.45) is 5.92 Å². The van der Waals surface area contributed by atoms with E-state index in [1.165, 1.54) is 24.6 Å². The maximum Gasteiger partial charge on any atom is 0.272 e. The zero-order chi connectivity index (χ0) is 32.1. The third-order valence-electron chi connectivity index (χ3n) is 7.31. The van der Waals surface area contributed by atoms with Gasteiger partial charge in [0.15, 0.2) is 17.3 Å². The van der Waals surface area contributed by atoms with Gasteiger partial charge in [0.2, 0.25) is 5.91 Å². The van der Waals surface area contributed by atoms with Crippen molar-refractivity contribution < 1.29 is 23.5 Å². The summed E-state index contributed by atoms with van der Waals surface area (Å²) in [4.78, 5) is 45.4. The molecular weight excluding hydrogens is 596 g/mol. The number of nitrogens with zero attached hydrogens (tertiary/aromatic N) is 4. The van der Waals surface area contributed by atoms with Crippen LogP contribution in [0.1, 0.15) is 45.8 Å². The number of anilines is 3. The van der Waals surface area contributed by atoms with E-state index in [4.69, 9.17) is 4.74 Å². The maximum atomic E-state index is 13.7. The van der Waals surface area contributed by atoms with Gasteiger partial charge in [0.25, 0.3) is 11.8 Å². The van der Waals surface area contributed by atoms with Crippen LogP contribution in [0.2, 0.25) is 0 Å². The number of aromatic nitrogens is 3. The lowest BCUT2D eigenvalue weighted by molar-refractivity contribution is -0.117. The third-order valence-corrected chi connectivity index (χ3v) is 8.34. The van der Waals surface area contributed by atoms with Crippen molar-refractivity contribution in [3.05, 3.63) is 41.0 Å². The fourth-order valence-electron chi connectivity index (χ4n) is 4.98. The van der Waals surface area contributed by atoms with Crippen molar-refractivity contribution in [3.8, 4) is 16.3 Å². The van der Waals surface area contributed by atoms with E-state index in [1.54, 1.807) is 18.2 Å². The molecule has 1 aromatic carbocycles. The highest BCUT2D eigenvalue weighted by Gasteiger charge is 2.30. The average molecular weight is 632 g/mol. The summed E-state index contributed by atoms with van der Waals surface area (Å²) in [5.41, 5.74) is 1.52. The lowest BCUT2D eigenvalue weighted by Crippen LogP contribution is -2.50. The molecule has 1 saturated carbocycles. The molecule has 12 nitrogen and oxygen atoms in total. The first-order valence-corrected chi connectivity index (χ1v) is 15.9. The topological polar surface area (TPSA) is 150 Å². The highest BCUT2D eigenvalue weighted by molar-refractivity contribution is 7.17. The molecule has 3 heterocycles. The molecule has 45 heavy (non-hydrogen) atoms. The van der Waals surface area contributed by atoms with Crippen molar-refractivity contribution in [2.45, 2.75) is 37.1 Å². The number of piperidine rings is 1. The van der Waals surface area contributed by atoms with E-state index in [0.717, 1.165) is 25.8 Å². The van der Waals surface area contributed by atoms with Crippen LogP contribution in [0.25, 0.3) is 10.6 Å². The largest absolute Gasteiger partial charge is 0.494 e. The zero-order valence-electron chi connectivity index (χ0n) is 25.9. The van der Waals surface area contributed by atoms with Gasteiger partial charge in [-0.25, -0.2) is 9.37 Å². The Morgan fingerprint density at radius 2 is 1.93 bits per heavy atom. The SMILES string of the molecule is BC(B)(B)NC(=O)c1nnc(NC(=O)C2CC2)cc1Nc1cccc(-c2ncc(C(=O)NCCN3CCCC(F)C3)s2)c1OC. The predicted octanol–water partition coefficient (Wildman–Crippen LogP) is 0.105. The number of hydrogen-bond donors (Lipinski definition) is 4. The Kier molecular flexibility index (Phi) is 10.1. The molecular formula is C28H36B3FN8O4S. The molecule has 0 bridgehead atoms. The first kappa shape index (κ1) is 32.4. The molecule has 2 fully saturated rings. The zero-order valence-corrected chi connectivity index (χ0v) is 26.7. The molecule has 2 aromatic heterocycles. The van der Waals surface area contributed by atoms with E-state index in [0.29, 0.717) is 58.6 Å². The molecule has 0 spiro atoms. The van der Waals surface area contributed by atoms with Gasteiger partial charge in [0, 0.05) is 31.6 Å². The standard InChI is InChI=1S/C28H36B3FN8O4S/c1-44-23-17(27-34-13-20(45-27)25(42)33-9-11-40-10-3-4-16(32)14-40)5-2-6-18(23)35-19-12-21(36-24(41)15-7-8-15)38-39-22(19)26(43)37-28(29,30)31/h2,5-6,12-13,15-16H,3-4,7-11,14,29-31H2,1H3,(H,33,42)(H,37,43)(H2,35,36,38,41). The molecule has 5 rings (SSSR count). The Hall–Kier alpha value is -3.98.